The Balaban J connectivity index is 1.23. The molecule has 1 aromatic heterocycles. The number of hydrogen-bond acceptors (Lipinski definition) is 5. The van der Waals surface area contributed by atoms with Crippen LogP contribution in [-0.2, 0) is 9.53 Å². The first-order chi connectivity index (χ1) is 16.1. The number of thiazole rings is 1. The zero-order chi connectivity index (χ0) is 23.0. The van der Waals surface area contributed by atoms with Gasteiger partial charge in [0.1, 0.15) is 5.69 Å². The van der Waals surface area contributed by atoms with Gasteiger partial charge in [-0.15, -0.1) is 11.3 Å². The van der Waals surface area contributed by atoms with Gasteiger partial charge in [0.05, 0.1) is 17.2 Å². The van der Waals surface area contributed by atoms with E-state index in [4.69, 9.17) is 14.8 Å². The number of fused-ring (bicyclic) bond motifs is 2. The summed E-state index contributed by atoms with van der Waals surface area (Å²) >= 11 is 1.57. The monoisotopic (exact) mass is 474 g/mol. The number of carboxylic acid groups (broad SMARTS) is 1. The SMILES string of the molecule is O=C(O)CCC=CCC1C2CCC(O2)C1c1nc(C(=O)NCCCCC2CCCCC2)cs1. The molecule has 3 aliphatic rings. The lowest BCUT2D eigenvalue weighted by molar-refractivity contribution is -0.136. The third-order valence-corrected chi connectivity index (χ3v) is 8.56. The van der Waals surface area contributed by atoms with Crippen molar-refractivity contribution in [2.75, 3.05) is 6.54 Å². The summed E-state index contributed by atoms with van der Waals surface area (Å²) < 4.78 is 6.20. The lowest BCUT2D eigenvalue weighted by Crippen LogP contribution is -2.26. The highest BCUT2D eigenvalue weighted by Gasteiger charge is 2.50. The number of aliphatic carboxylic acids is 1. The molecule has 1 amide bonds. The minimum atomic E-state index is -0.765. The number of ether oxygens (including phenoxy) is 1. The molecule has 0 radical (unpaired) electrons. The summed E-state index contributed by atoms with van der Waals surface area (Å²) in [6.45, 7) is 0.722. The maximum atomic E-state index is 12.6. The number of carboxylic acids is 1. The van der Waals surface area contributed by atoms with Gasteiger partial charge in [0, 0.05) is 30.2 Å². The number of unbranched alkanes of at least 4 members (excludes halogenated alkanes) is 1. The van der Waals surface area contributed by atoms with Crippen molar-refractivity contribution < 1.29 is 19.4 Å². The van der Waals surface area contributed by atoms with E-state index in [2.05, 4.69) is 11.4 Å². The van der Waals surface area contributed by atoms with Crippen molar-refractivity contribution in [1.29, 1.82) is 0 Å². The normalized spacial score (nSPS) is 27.4. The third-order valence-electron chi connectivity index (χ3n) is 7.61. The Labute approximate surface area is 201 Å². The second kappa shape index (κ2) is 12.1. The Morgan fingerprint density at radius 3 is 2.76 bits per heavy atom. The van der Waals surface area contributed by atoms with E-state index in [0.29, 0.717) is 18.0 Å². The molecule has 4 atom stereocenters. The second-order valence-corrected chi connectivity index (χ2v) is 10.8. The van der Waals surface area contributed by atoms with Crippen molar-refractivity contribution >= 4 is 23.2 Å². The average molecular weight is 475 g/mol. The Hall–Kier alpha value is -1.73. The van der Waals surface area contributed by atoms with Gasteiger partial charge in [-0.2, -0.15) is 0 Å². The summed E-state index contributed by atoms with van der Waals surface area (Å²) in [5, 5.41) is 14.7. The molecular weight excluding hydrogens is 436 g/mol. The molecule has 3 fully saturated rings. The van der Waals surface area contributed by atoms with Crippen LogP contribution in [0.5, 0.6) is 0 Å². The first-order valence-electron chi connectivity index (χ1n) is 12.9. The van der Waals surface area contributed by atoms with Crippen LogP contribution in [0, 0.1) is 11.8 Å². The molecule has 2 N–H and O–H groups in total. The van der Waals surface area contributed by atoms with Gasteiger partial charge in [0.2, 0.25) is 0 Å². The molecule has 1 aliphatic carbocycles. The number of rotatable bonds is 12. The summed E-state index contributed by atoms with van der Waals surface area (Å²) in [5.74, 6) is 0.657. The van der Waals surface area contributed by atoms with Crippen LogP contribution in [0.4, 0.5) is 0 Å². The molecule has 0 aromatic carbocycles. The van der Waals surface area contributed by atoms with E-state index in [-0.39, 0.29) is 30.5 Å². The van der Waals surface area contributed by atoms with E-state index < -0.39 is 5.97 Å². The standard InChI is InChI=1S/C26H38N2O4S/c29-23(30)13-6-2-5-12-19-21-14-15-22(32-21)24(19)26-28-20(17-33-26)25(31)27-16-8-7-11-18-9-3-1-4-10-18/h2,5,17-19,21-22,24H,1,3-4,6-16H2,(H,27,31)(H,29,30). The van der Waals surface area contributed by atoms with Gasteiger partial charge < -0.3 is 15.2 Å². The molecule has 2 aliphatic heterocycles. The third kappa shape index (κ3) is 6.66. The highest BCUT2D eigenvalue weighted by Crippen LogP contribution is 2.50. The summed E-state index contributed by atoms with van der Waals surface area (Å²) in [4.78, 5) is 28.0. The summed E-state index contributed by atoms with van der Waals surface area (Å²) in [6.07, 6.45) is 18.7. The molecule has 4 rings (SSSR count). The quantitative estimate of drug-likeness (QED) is 0.300. The van der Waals surface area contributed by atoms with Crippen LogP contribution in [0.1, 0.15) is 105 Å². The Morgan fingerprint density at radius 1 is 1.12 bits per heavy atom. The van der Waals surface area contributed by atoms with Gasteiger partial charge in [-0.05, 0) is 38.0 Å². The minimum absolute atomic E-state index is 0.0654. The van der Waals surface area contributed by atoms with E-state index in [0.717, 1.165) is 43.2 Å². The zero-order valence-electron chi connectivity index (χ0n) is 19.5. The van der Waals surface area contributed by atoms with Crippen molar-refractivity contribution in [2.45, 2.75) is 102 Å². The van der Waals surface area contributed by atoms with Crippen molar-refractivity contribution in [1.82, 2.24) is 10.3 Å². The summed E-state index contributed by atoms with van der Waals surface area (Å²) in [6, 6.07) is 0. The molecule has 2 bridgehead atoms. The molecule has 4 unspecified atom stereocenters. The first kappa shape index (κ1) is 24.4. The number of carbonyl (C=O) groups is 2. The molecule has 1 aromatic rings. The van der Waals surface area contributed by atoms with Crippen LogP contribution in [-0.4, -0.2) is 40.7 Å². The van der Waals surface area contributed by atoms with Crippen LogP contribution < -0.4 is 5.32 Å². The van der Waals surface area contributed by atoms with Crippen molar-refractivity contribution in [3.8, 4) is 0 Å². The van der Waals surface area contributed by atoms with Crippen LogP contribution in [0.25, 0.3) is 0 Å². The van der Waals surface area contributed by atoms with Crippen LogP contribution >= 0.6 is 11.3 Å². The number of amides is 1. The van der Waals surface area contributed by atoms with E-state index >= 15 is 0 Å². The van der Waals surface area contributed by atoms with Gasteiger partial charge in [-0.1, -0.05) is 57.1 Å². The number of nitrogens with one attached hydrogen (secondary N) is 1. The Bertz CT molecular complexity index is 817. The van der Waals surface area contributed by atoms with E-state index in [1.807, 2.05) is 11.5 Å². The lowest BCUT2D eigenvalue weighted by atomic mass is 9.77. The number of aromatic nitrogens is 1. The largest absolute Gasteiger partial charge is 0.481 e. The summed E-state index contributed by atoms with van der Waals surface area (Å²) in [5.41, 5.74) is 0.529. The highest BCUT2D eigenvalue weighted by atomic mass is 32.1. The number of carbonyl (C=O) groups excluding carboxylic acids is 1. The van der Waals surface area contributed by atoms with Crippen LogP contribution in [0.2, 0.25) is 0 Å². The fourth-order valence-corrected chi connectivity index (χ4v) is 6.89. The van der Waals surface area contributed by atoms with E-state index in [1.165, 1.54) is 44.9 Å². The van der Waals surface area contributed by atoms with Crippen molar-refractivity contribution in [2.24, 2.45) is 11.8 Å². The van der Waals surface area contributed by atoms with Gasteiger partial charge >= 0.3 is 5.97 Å². The van der Waals surface area contributed by atoms with Crippen LogP contribution in [0.3, 0.4) is 0 Å². The fraction of sp³-hybridized carbons (Fsp3) is 0.731. The van der Waals surface area contributed by atoms with Crippen LogP contribution in [0.15, 0.2) is 17.5 Å². The van der Waals surface area contributed by atoms with Gasteiger partial charge in [-0.3, -0.25) is 9.59 Å². The fourth-order valence-electron chi connectivity index (χ4n) is 5.87. The van der Waals surface area contributed by atoms with E-state index in [9.17, 15) is 9.59 Å². The average Bonchev–Trinajstić information content (AvgIpc) is 3.55. The second-order valence-electron chi connectivity index (χ2n) is 9.95. The number of nitrogens with zero attached hydrogens (tertiary/aromatic N) is 1. The molecule has 2 saturated heterocycles. The number of allylic oxidation sites excluding steroid dienone is 2. The lowest BCUT2D eigenvalue weighted by Gasteiger charge is -2.25. The zero-order valence-corrected chi connectivity index (χ0v) is 20.4. The molecule has 7 heteroatoms. The molecule has 182 valence electrons. The predicted molar refractivity (Wildman–Crippen MR) is 130 cm³/mol. The molecule has 6 nitrogen and oxygen atoms in total. The van der Waals surface area contributed by atoms with Gasteiger partial charge in [-0.25, -0.2) is 4.98 Å². The summed E-state index contributed by atoms with van der Waals surface area (Å²) in [7, 11) is 0. The van der Waals surface area contributed by atoms with Gasteiger partial charge in [0.25, 0.3) is 5.91 Å². The van der Waals surface area contributed by atoms with Gasteiger partial charge in [0.15, 0.2) is 0 Å². The van der Waals surface area contributed by atoms with Crippen molar-refractivity contribution in [3.05, 3.63) is 28.2 Å². The first-order valence-corrected chi connectivity index (χ1v) is 13.8. The topological polar surface area (TPSA) is 88.5 Å². The Morgan fingerprint density at radius 2 is 1.94 bits per heavy atom. The molecule has 0 spiro atoms. The molecule has 3 heterocycles. The highest BCUT2D eigenvalue weighted by molar-refractivity contribution is 7.10. The smallest absolute Gasteiger partial charge is 0.303 e. The number of hydrogen-bond donors (Lipinski definition) is 2. The van der Waals surface area contributed by atoms with E-state index in [1.54, 1.807) is 11.3 Å². The minimum Gasteiger partial charge on any atom is -0.481 e. The molecular formula is C26H38N2O4S. The maximum Gasteiger partial charge on any atom is 0.303 e. The Kier molecular flexibility index (Phi) is 8.96. The predicted octanol–water partition coefficient (Wildman–Crippen LogP) is 5.70. The van der Waals surface area contributed by atoms with Crippen molar-refractivity contribution in [3.63, 3.8) is 0 Å². The maximum absolute atomic E-state index is 12.6. The molecule has 33 heavy (non-hydrogen) atoms. The molecule has 1 saturated carbocycles.